The number of aliphatic hydroxyl groups excluding tert-OH is 3. The second kappa shape index (κ2) is 8.91. The third-order valence-electron chi connectivity index (χ3n) is 4.96. The van der Waals surface area contributed by atoms with E-state index in [9.17, 15) is 25.4 Å². The van der Waals surface area contributed by atoms with Gasteiger partial charge >= 0.3 is 0 Å². The van der Waals surface area contributed by atoms with Crippen molar-refractivity contribution in [2.24, 2.45) is 0 Å². The van der Waals surface area contributed by atoms with E-state index in [0.717, 1.165) is 0 Å². The summed E-state index contributed by atoms with van der Waals surface area (Å²) in [5.74, 6) is 0.348. The molecule has 4 atom stereocenters. The number of ether oxygens (including phenoxy) is 1. The Morgan fingerprint density at radius 2 is 1.94 bits per heavy atom. The Labute approximate surface area is 190 Å². The van der Waals surface area contributed by atoms with Crippen LogP contribution in [0.4, 0.5) is 5.69 Å². The zero-order chi connectivity index (χ0) is 22.3. The highest BCUT2D eigenvalue weighted by atomic mass is 35.5. The molecule has 1 unspecified atom stereocenters. The maximum Gasteiger partial charge on any atom is 0.269 e. The van der Waals surface area contributed by atoms with Crippen molar-refractivity contribution in [1.29, 1.82) is 0 Å². The summed E-state index contributed by atoms with van der Waals surface area (Å²) in [4.78, 5) is 15.1. The Hall–Kier alpha value is -1.92. The average Bonchev–Trinajstić information content (AvgIpc) is 3.23. The first-order valence-electron chi connectivity index (χ1n) is 9.15. The molecule has 0 bridgehead atoms. The number of hydrogen-bond acceptors (Lipinski definition) is 8. The van der Waals surface area contributed by atoms with E-state index in [-0.39, 0.29) is 10.7 Å². The minimum atomic E-state index is -1.32. The summed E-state index contributed by atoms with van der Waals surface area (Å²) in [5.41, 5.74) is 1.70. The van der Waals surface area contributed by atoms with E-state index in [2.05, 4.69) is 4.98 Å². The highest BCUT2D eigenvalue weighted by Crippen LogP contribution is 2.39. The van der Waals surface area contributed by atoms with Gasteiger partial charge in [0, 0.05) is 17.9 Å². The second-order valence-electron chi connectivity index (χ2n) is 6.96. The van der Waals surface area contributed by atoms with Crippen LogP contribution in [-0.4, -0.2) is 54.7 Å². The van der Waals surface area contributed by atoms with Gasteiger partial charge in [-0.1, -0.05) is 47.1 Å². The molecule has 1 fully saturated rings. The van der Waals surface area contributed by atoms with E-state index in [4.69, 9.17) is 27.9 Å². The van der Waals surface area contributed by atoms with Crippen LogP contribution in [0.1, 0.15) is 11.8 Å². The Balaban J connectivity index is 1.73. The van der Waals surface area contributed by atoms with Crippen molar-refractivity contribution in [2.75, 3.05) is 6.61 Å². The average molecular weight is 486 g/mol. The molecule has 1 aromatic heterocycles. The van der Waals surface area contributed by atoms with Crippen molar-refractivity contribution < 1.29 is 25.0 Å². The van der Waals surface area contributed by atoms with Gasteiger partial charge in [-0.2, -0.15) is 0 Å². The minimum absolute atomic E-state index is 0.0198. The molecule has 3 N–H and O–H groups in total. The normalized spacial score (nSPS) is 23.5. The van der Waals surface area contributed by atoms with Gasteiger partial charge in [-0.15, -0.1) is 0 Å². The summed E-state index contributed by atoms with van der Waals surface area (Å²) in [5, 5.41) is 42.2. The zero-order valence-corrected chi connectivity index (χ0v) is 18.1. The molecule has 1 aliphatic heterocycles. The van der Waals surface area contributed by atoms with Gasteiger partial charge in [-0.05, 0) is 17.7 Å². The fraction of sp³-hybridized carbons (Fsp3) is 0.316. The number of imidazole rings is 1. The number of halogens is 2. The smallest absolute Gasteiger partial charge is 0.269 e. The number of fused-ring (bicyclic) bond motifs is 1. The lowest BCUT2D eigenvalue weighted by molar-refractivity contribution is -0.384. The molecule has 1 aliphatic rings. The summed E-state index contributed by atoms with van der Waals surface area (Å²) in [6.45, 7) is -0.468. The number of rotatable bonds is 6. The monoisotopic (exact) mass is 485 g/mol. The summed E-state index contributed by atoms with van der Waals surface area (Å²) >= 11 is 13.6. The van der Waals surface area contributed by atoms with Crippen LogP contribution < -0.4 is 0 Å². The maximum atomic E-state index is 11.0. The van der Waals surface area contributed by atoms with Crippen molar-refractivity contribution in [1.82, 2.24) is 9.55 Å². The molecule has 9 nitrogen and oxygen atoms in total. The summed E-state index contributed by atoms with van der Waals surface area (Å²) in [6.07, 6.45) is -4.59. The molecular formula is C19H17Cl2N3O6S. The Morgan fingerprint density at radius 1 is 1.19 bits per heavy atom. The molecule has 0 radical (unpaired) electrons. The third-order valence-corrected chi connectivity index (χ3v) is 6.71. The lowest BCUT2D eigenvalue weighted by Gasteiger charge is -2.19. The first-order chi connectivity index (χ1) is 14.8. The fourth-order valence-corrected chi connectivity index (χ4v) is 4.71. The largest absolute Gasteiger partial charge is 0.394 e. The van der Waals surface area contributed by atoms with Crippen LogP contribution in [0, 0.1) is 10.1 Å². The van der Waals surface area contributed by atoms with Crippen LogP contribution in [0.2, 0.25) is 10.0 Å². The quantitative estimate of drug-likeness (QED) is 0.275. The van der Waals surface area contributed by atoms with Crippen LogP contribution >= 0.6 is 35.0 Å². The van der Waals surface area contributed by atoms with E-state index in [1.807, 2.05) is 0 Å². The first-order valence-corrected chi connectivity index (χ1v) is 10.9. The molecule has 3 aromatic rings. The van der Waals surface area contributed by atoms with Gasteiger partial charge in [0.25, 0.3) is 5.69 Å². The number of aromatic nitrogens is 2. The predicted molar refractivity (Wildman–Crippen MR) is 115 cm³/mol. The standard InChI is InChI=1S/C19H17Cl2N3O6S/c20-11-5-13-14(6-12(11)21)23(18-17(27)16(26)15(7-25)30-18)19(22-13)31-8-9-2-1-3-10(4-9)24(28)29/h1-6,15-18,25-27H,7-8H2/t15-,16-,17-,18?/m1/s1. The van der Waals surface area contributed by atoms with E-state index in [1.54, 1.807) is 28.8 Å². The Bertz CT molecular complexity index is 1140. The minimum Gasteiger partial charge on any atom is -0.394 e. The molecule has 0 saturated carbocycles. The molecule has 164 valence electrons. The van der Waals surface area contributed by atoms with E-state index in [1.165, 1.54) is 23.9 Å². The second-order valence-corrected chi connectivity index (χ2v) is 8.72. The number of nitro groups is 1. The van der Waals surface area contributed by atoms with Crippen LogP contribution in [-0.2, 0) is 10.5 Å². The Morgan fingerprint density at radius 3 is 2.61 bits per heavy atom. The maximum absolute atomic E-state index is 11.0. The molecule has 0 aliphatic carbocycles. The van der Waals surface area contributed by atoms with E-state index in [0.29, 0.717) is 32.5 Å². The van der Waals surface area contributed by atoms with Gasteiger partial charge < -0.3 is 20.1 Å². The molecular weight excluding hydrogens is 469 g/mol. The van der Waals surface area contributed by atoms with E-state index >= 15 is 0 Å². The van der Waals surface area contributed by atoms with Gasteiger partial charge in [0.05, 0.1) is 32.6 Å². The molecule has 0 spiro atoms. The van der Waals surface area contributed by atoms with Crippen LogP contribution in [0.3, 0.4) is 0 Å². The summed E-state index contributed by atoms with van der Waals surface area (Å²) in [6, 6.07) is 9.40. The van der Waals surface area contributed by atoms with Crippen LogP contribution in [0.15, 0.2) is 41.6 Å². The molecule has 2 heterocycles. The number of nitro benzene ring substituents is 1. The van der Waals surface area contributed by atoms with Crippen molar-refractivity contribution in [3.05, 3.63) is 62.1 Å². The number of non-ortho nitro benzene ring substituents is 1. The van der Waals surface area contributed by atoms with Crippen molar-refractivity contribution >= 4 is 51.7 Å². The van der Waals surface area contributed by atoms with Crippen molar-refractivity contribution in [2.45, 2.75) is 35.4 Å². The van der Waals surface area contributed by atoms with Crippen LogP contribution in [0.25, 0.3) is 11.0 Å². The Kier molecular flexibility index (Phi) is 6.40. The molecule has 0 amide bonds. The zero-order valence-electron chi connectivity index (χ0n) is 15.8. The fourth-order valence-electron chi connectivity index (χ4n) is 3.42. The number of thioether (sulfide) groups is 1. The SMILES string of the molecule is O=[N+]([O-])c1cccc(CSc2nc3cc(Cl)c(Cl)cc3n2C2O[C@H](CO)[C@@H](O)[C@H]2O)c1. The van der Waals surface area contributed by atoms with Gasteiger partial charge in [0.2, 0.25) is 0 Å². The first kappa shape index (κ1) is 22.3. The highest BCUT2D eigenvalue weighted by molar-refractivity contribution is 7.98. The van der Waals surface area contributed by atoms with E-state index < -0.39 is 36.1 Å². The van der Waals surface area contributed by atoms with Crippen molar-refractivity contribution in [3.63, 3.8) is 0 Å². The third kappa shape index (κ3) is 4.24. The lowest BCUT2D eigenvalue weighted by atomic mass is 10.1. The summed E-state index contributed by atoms with van der Waals surface area (Å²) < 4.78 is 7.28. The van der Waals surface area contributed by atoms with Gasteiger partial charge in [0.1, 0.15) is 18.3 Å². The summed E-state index contributed by atoms with van der Waals surface area (Å²) in [7, 11) is 0. The lowest BCUT2D eigenvalue weighted by Crippen LogP contribution is -2.33. The molecule has 1 saturated heterocycles. The number of aliphatic hydroxyl groups is 3. The predicted octanol–water partition coefficient (Wildman–Crippen LogP) is 3.16. The van der Waals surface area contributed by atoms with Crippen LogP contribution in [0.5, 0.6) is 0 Å². The molecule has 31 heavy (non-hydrogen) atoms. The van der Waals surface area contributed by atoms with Crippen molar-refractivity contribution in [3.8, 4) is 0 Å². The molecule has 12 heteroatoms. The van der Waals surface area contributed by atoms with Gasteiger partial charge in [0.15, 0.2) is 11.4 Å². The van der Waals surface area contributed by atoms with Gasteiger partial charge in [-0.3, -0.25) is 14.7 Å². The number of hydrogen-bond donors (Lipinski definition) is 3. The number of nitrogens with zero attached hydrogens (tertiary/aromatic N) is 3. The van der Waals surface area contributed by atoms with Gasteiger partial charge in [-0.25, -0.2) is 4.98 Å². The highest BCUT2D eigenvalue weighted by Gasteiger charge is 2.44. The number of benzene rings is 2. The molecule has 4 rings (SSSR count). The topological polar surface area (TPSA) is 131 Å². The molecule has 2 aromatic carbocycles.